The first-order chi connectivity index (χ1) is 65.0. The van der Waals surface area contributed by atoms with Crippen molar-refractivity contribution in [2.45, 2.75) is 307 Å². The summed E-state index contributed by atoms with van der Waals surface area (Å²) in [7, 11) is -3.33. The summed E-state index contributed by atoms with van der Waals surface area (Å²) in [5.41, 5.74) is 0.626. The number of carboxylic acids is 1. The summed E-state index contributed by atoms with van der Waals surface area (Å²) in [4.78, 5) is 121. The summed E-state index contributed by atoms with van der Waals surface area (Å²) in [6, 6.07) is 12.3. The van der Waals surface area contributed by atoms with Crippen LogP contribution in [0.5, 0.6) is 5.75 Å². The number of aromatic nitrogens is 16. The number of aromatic amines is 1. The van der Waals surface area contributed by atoms with Crippen LogP contribution in [0.15, 0.2) is 105 Å². The van der Waals surface area contributed by atoms with Gasteiger partial charge in [-0.25, -0.2) is 0 Å². The molecule has 16 rings (SSSR count). The zero-order valence-electron chi connectivity index (χ0n) is 88.3. The minimum atomic E-state index is -3.33. The molecular formula is C104H159LiN18O17S. The van der Waals surface area contributed by atoms with Crippen LogP contribution in [0.1, 0.15) is 279 Å². The van der Waals surface area contributed by atoms with Gasteiger partial charge in [-0.05, 0) is 235 Å². The van der Waals surface area contributed by atoms with Gasteiger partial charge in [0.05, 0.1) is 106 Å². The minimum absolute atomic E-state index is 0. The second kappa shape index (κ2) is 54.3. The molecule has 7 aromatic rings. The number of carbonyl (C=O) groups is 10. The van der Waals surface area contributed by atoms with Gasteiger partial charge in [0.25, 0.3) is 10.1 Å². The number of pyridine rings is 1. The standard InChI is InChI=1S/C16H22O2.3C12H19N3O.C11H17N3O2.C11H20O4S.C10H16O2.C9H9N3O.C9H14O2.C2H3N3.Li.H2O/c1-12(17)16(2,3)14-9-15(10-14)18-11-13-7-5-4-6-8-13;1-9(16)12(2,3)11-6-10(7-11)8-15-5-4-13-14-15;2*1-9(16)12(2,3)11-6-10(7-11)8-15-13-4-5-14-15;1-11(2,10(15)16)9-5-8(6-9)7-14-12-3-4-13-14;1-8(12)11(2,3)10-5-9(6-10)7-15-16(4,13)14;1-7(12)10(2,3)9-4-8(5-9)6-11;10-3-7-4-12-6-8-5-11-1-2-13-9(7)8;1-6(10)9(2,3)7-4-8(11)5-7;1-2-4-5-3-1;;/h4-8,14-15H,9-11H2,1-3H3;3*4-5,10-11H,6-8H2,1-3H3;3-4,8-9H,5-7H2,1-2H3,(H,15,16);9-10H,5-7H2,1-4H3;6,8-9H,4-5H2,1-3H3;4,6,11H,1-2,5H2;7H,4-5H2,1-3H3;1-2H,(H,3,4,5);;1H2/q;;;;;;;;;;+1;/p-1. The Balaban J connectivity index is 0.000000278. The van der Waals surface area contributed by atoms with Gasteiger partial charge in [-0.1, -0.05) is 132 Å². The number of aldehydes is 1. The largest absolute Gasteiger partial charge is 1.00 e. The van der Waals surface area contributed by atoms with Gasteiger partial charge in [-0.2, -0.15) is 74.1 Å². The van der Waals surface area contributed by atoms with Crippen LogP contribution >= 0.6 is 0 Å². The molecule has 774 valence electrons. The third-order valence-electron chi connectivity index (χ3n) is 32.3. The molecule has 9 aliphatic rings. The van der Waals surface area contributed by atoms with Gasteiger partial charge in [0.15, 0.2) is 0 Å². The third kappa shape index (κ3) is 35.9. The monoisotopic (exact) mass is 1970 g/mol. The molecule has 1 aromatic carbocycles. The summed E-state index contributed by atoms with van der Waals surface area (Å²) < 4.78 is 39.5. The Bertz CT molecular complexity index is 4870. The quantitative estimate of drug-likeness (QED) is 0.0206. The molecule has 0 radical (unpaired) electrons. The van der Waals surface area contributed by atoms with Gasteiger partial charge in [0.2, 0.25) is 0 Å². The Labute approximate surface area is 846 Å². The molecule has 8 fully saturated rings. The van der Waals surface area contributed by atoms with E-state index in [1.807, 2.05) is 98.3 Å². The van der Waals surface area contributed by atoms with Crippen LogP contribution in [0.25, 0.3) is 0 Å². The van der Waals surface area contributed by atoms with Crippen LogP contribution in [-0.2, 0) is 106 Å². The van der Waals surface area contributed by atoms with E-state index < -0.39 is 21.5 Å². The predicted octanol–water partition coefficient (Wildman–Crippen LogP) is 12.8. The molecule has 6 aromatic heterocycles. The zero-order valence-corrected chi connectivity index (χ0v) is 89.1. The van der Waals surface area contributed by atoms with Crippen molar-refractivity contribution in [2.24, 2.45) is 126 Å². The fourth-order valence-corrected chi connectivity index (χ4v) is 18.4. The number of ketones is 8. The second-order valence-electron chi connectivity index (χ2n) is 44.3. The van der Waals surface area contributed by atoms with Crippen LogP contribution in [0.3, 0.4) is 0 Å². The van der Waals surface area contributed by atoms with E-state index in [1.54, 1.807) is 125 Å². The number of nitrogens with one attached hydrogen (secondary N) is 2. The topological polar surface area (TPSA) is 496 Å². The van der Waals surface area contributed by atoms with E-state index in [1.165, 1.54) is 11.8 Å². The molecule has 7 heterocycles. The Kier molecular flexibility index (Phi) is 46.8. The summed E-state index contributed by atoms with van der Waals surface area (Å²) in [6.07, 6.45) is 38.0. The number of carbonyl (C=O) groups excluding carboxylic acids is 9. The fourth-order valence-electron chi connectivity index (χ4n) is 18.0. The van der Waals surface area contributed by atoms with E-state index in [4.69, 9.17) is 24.0 Å². The molecule has 4 N–H and O–H groups in total. The Morgan fingerprint density at radius 1 is 0.496 bits per heavy atom. The fraction of sp³-hybridized carbons (Fsp3) is 0.692. The number of nitriles is 1. The molecule has 0 unspecified atom stereocenters. The smallest absolute Gasteiger partial charge is 0.870 e. The van der Waals surface area contributed by atoms with Crippen LogP contribution < -0.4 is 28.9 Å². The average Bonchev–Trinajstić information content (AvgIpc) is 1.62. The molecule has 37 heteroatoms. The van der Waals surface area contributed by atoms with Crippen LogP contribution in [0.2, 0.25) is 0 Å². The molecule has 0 saturated heterocycles. The number of carboxylic acid groups (broad SMARTS) is 1. The number of nitrogens with zero attached hydrogens (tertiary/aromatic N) is 16. The third-order valence-corrected chi connectivity index (χ3v) is 32.9. The summed E-state index contributed by atoms with van der Waals surface area (Å²) >= 11 is 0. The zero-order chi connectivity index (χ0) is 103. The molecule has 141 heavy (non-hydrogen) atoms. The molecule has 35 nitrogen and oxygen atoms in total. The molecule has 0 spiro atoms. The first-order valence-electron chi connectivity index (χ1n) is 49.1. The molecule has 8 saturated carbocycles. The molecule has 0 bridgehead atoms. The maximum Gasteiger partial charge on any atom is 1.00 e. The van der Waals surface area contributed by atoms with Crippen molar-refractivity contribution in [3.63, 3.8) is 0 Å². The average molecular weight is 1970 g/mol. The van der Waals surface area contributed by atoms with E-state index in [2.05, 4.69) is 126 Å². The van der Waals surface area contributed by atoms with Crippen molar-refractivity contribution < 1.29 is 99.5 Å². The number of H-pyrrole nitrogens is 1. The number of benzene rings is 1. The van der Waals surface area contributed by atoms with Gasteiger partial charge in [-0.3, -0.25) is 57.0 Å². The number of fused-ring (bicyclic) bond motifs is 1. The minimum Gasteiger partial charge on any atom is -0.870 e. The van der Waals surface area contributed by atoms with Gasteiger partial charge in [-0.15, -0.1) is 5.10 Å². The number of aliphatic carboxylic acids is 1. The maximum atomic E-state index is 11.5. The second-order valence-corrected chi connectivity index (χ2v) is 45.9. The number of rotatable bonds is 31. The Morgan fingerprint density at radius 3 is 1.18 bits per heavy atom. The molecule has 8 aliphatic carbocycles. The van der Waals surface area contributed by atoms with Gasteiger partial charge in [0, 0.05) is 100 Å². The first kappa shape index (κ1) is 122. The first-order valence-corrected chi connectivity index (χ1v) is 50.9. The molecule has 0 atom stereocenters. The van der Waals surface area contributed by atoms with Crippen molar-refractivity contribution in [3.8, 4) is 11.8 Å². The predicted molar refractivity (Wildman–Crippen MR) is 527 cm³/mol. The number of ether oxygens (including phenoxy) is 2. The van der Waals surface area contributed by atoms with Crippen molar-refractivity contribution in [1.82, 2.24) is 85.7 Å². The molecular weight excluding hydrogens is 1810 g/mol. The van der Waals surface area contributed by atoms with E-state index in [9.17, 15) is 56.4 Å². The summed E-state index contributed by atoms with van der Waals surface area (Å²) in [5, 5.41) is 62.6. The van der Waals surface area contributed by atoms with Crippen molar-refractivity contribution in [1.29, 1.82) is 5.26 Å². The van der Waals surface area contributed by atoms with Gasteiger partial charge < -0.3 is 30.2 Å². The van der Waals surface area contributed by atoms with Crippen LogP contribution in [-0.4, -0.2) is 190 Å². The van der Waals surface area contributed by atoms with Gasteiger partial charge in [0.1, 0.15) is 76.5 Å². The number of hydrogen-bond donors (Lipinski definition) is 3. The normalized spacial score (nSPS) is 23.1. The number of Topliss-reactive ketones (excluding diaryl/α,β-unsaturated/α-hetero) is 8. The molecule has 0 amide bonds. The van der Waals surface area contributed by atoms with E-state index in [-0.39, 0.29) is 110 Å². The van der Waals surface area contributed by atoms with E-state index in [0.29, 0.717) is 132 Å². The Morgan fingerprint density at radius 2 is 0.851 bits per heavy atom. The van der Waals surface area contributed by atoms with Crippen LogP contribution in [0, 0.1) is 138 Å². The summed E-state index contributed by atoms with van der Waals surface area (Å²) in [5.74, 6) is 8.48. The summed E-state index contributed by atoms with van der Waals surface area (Å²) in [6.45, 7) is 50.0. The molecule has 1 aliphatic heterocycles. The van der Waals surface area contributed by atoms with E-state index >= 15 is 0 Å². The Hall–Kier alpha value is -9.75. The van der Waals surface area contributed by atoms with E-state index in [0.717, 1.165) is 147 Å². The van der Waals surface area contributed by atoms with Crippen molar-refractivity contribution in [2.75, 3.05) is 26.0 Å². The maximum absolute atomic E-state index is 11.5. The SMILES string of the molecule is CC(=O)C(C)(C)C1CC(=O)C1.CC(=O)C(C)(C)C1CC(C=O)C1.CC(=O)C(C)(C)C1CC(COS(C)(=O)=O)C1.CC(=O)C(C)(C)C1CC(Cn2ccnn2)C1.CC(=O)C(C)(C)C1CC(Cn2nccn2)C1.CC(=O)C(C)(C)C1CC(Cn2nccn2)C1.CC(=O)C(C)(C)C1CC(OCc2ccccc2)C1.CC(C)(C(=O)O)C1CC(Cn2nccn2)C1.N#Cc1cncc2c1OCCNC2.[Li+].[OH-].c1cn[nH]n1. The van der Waals surface area contributed by atoms with Crippen molar-refractivity contribution in [3.05, 3.63) is 121 Å². The van der Waals surface area contributed by atoms with Crippen molar-refractivity contribution >= 4 is 68.6 Å². The number of hydrogen-bond acceptors (Lipinski definition) is 29. The van der Waals surface area contributed by atoms with Gasteiger partial charge >= 0.3 is 24.8 Å². The van der Waals surface area contributed by atoms with Crippen LogP contribution in [0.4, 0.5) is 0 Å².